The van der Waals surface area contributed by atoms with E-state index in [2.05, 4.69) is 25.0 Å². The van der Waals surface area contributed by atoms with Crippen LogP contribution in [0.3, 0.4) is 0 Å². The monoisotopic (exact) mass is 525 g/mol. The molecule has 1 unspecified atom stereocenters. The Bertz CT molecular complexity index is 1020. The lowest BCUT2D eigenvalue weighted by molar-refractivity contribution is -0.276. The highest BCUT2D eigenvalue weighted by Crippen LogP contribution is 2.34. The van der Waals surface area contributed by atoms with E-state index in [4.69, 9.17) is 11.6 Å². The number of alkyl halides is 7. The minimum atomic E-state index is -5.04. The first kappa shape index (κ1) is 26.4. The first-order valence-electron chi connectivity index (χ1n) is 10.1. The number of pyridine rings is 1. The Hall–Kier alpha value is -3.16. The molecule has 2 atom stereocenters. The topological polar surface area (TPSA) is 97.3 Å². The van der Waals surface area contributed by atoms with E-state index in [-0.39, 0.29) is 24.1 Å². The van der Waals surface area contributed by atoms with E-state index in [1.807, 2.05) is 0 Å². The van der Waals surface area contributed by atoms with E-state index in [0.29, 0.717) is 4.90 Å². The summed E-state index contributed by atoms with van der Waals surface area (Å²) >= 11 is 5.35. The molecular weight excluding hydrogens is 508 g/mol. The van der Waals surface area contributed by atoms with Crippen molar-refractivity contribution in [2.75, 3.05) is 4.90 Å². The number of rotatable bonds is 7. The van der Waals surface area contributed by atoms with E-state index < -0.39 is 60.5 Å². The van der Waals surface area contributed by atoms with Crippen molar-refractivity contribution in [3.63, 3.8) is 0 Å². The zero-order chi connectivity index (χ0) is 25.8. The number of carbonyl (C=O) groups excluding carboxylic acids is 2. The number of amides is 2. The average molecular weight is 526 g/mol. The Morgan fingerprint density at radius 1 is 1.14 bits per heavy atom. The van der Waals surface area contributed by atoms with Gasteiger partial charge in [-0.25, -0.2) is 28.1 Å². The summed E-state index contributed by atoms with van der Waals surface area (Å²) < 4.78 is 82.0. The van der Waals surface area contributed by atoms with Crippen LogP contribution in [0, 0.1) is 0 Å². The minimum absolute atomic E-state index is 0.00701. The molecule has 0 aliphatic heterocycles. The minimum Gasteiger partial charge on any atom is -0.388 e. The number of carbonyl (C=O) groups is 2. The Morgan fingerprint density at radius 2 is 1.77 bits per heavy atom. The molecule has 0 bridgehead atoms. The van der Waals surface area contributed by atoms with Crippen molar-refractivity contribution in [2.45, 2.75) is 55.7 Å². The highest BCUT2D eigenvalue weighted by atomic mass is 35.5. The second kappa shape index (κ2) is 10.6. The molecule has 35 heavy (non-hydrogen) atoms. The van der Waals surface area contributed by atoms with Gasteiger partial charge < -0.3 is 10.1 Å². The quantitative estimate of drug-likeness (QED) is 0.432. The molecule has 0 radical (unpaired) electrons. The Morgan fingerprint density at radius 3 is 2.29 bits per heavy atom. The van der Waals surface area contributed by atoms with Gasteiger partial charge in [-0.15, -0.1) is 13.2 Å². The Balaban J connectivity index is 1.96. The van der Waals surface area contributed by atoms with Crippen LogP contribution < -0.4 is 15.0 Å². The zero-order valence-corrected chi connectivity index (χ0v) is 18.4. The van der Waals surface area contributed by atoms with Gasteiger partial charge in [0.1, 0.15) is 12.4 Å². The number of nitrogens with zero attached hydrogens (tertiary/aromatic N) is 4. The first-order chi connectivity index (χ1) is 16.4. The number of aromatic nitrogens is 3. The molecule has 8 nitrogen and oxygen atoms in total. The van der Waals surface area contributed by atoms with Crippen LogP contribution in [0.2, 0.25) is 0 Å². The summed E-state index contributed by atoms with van der Waals surface area (Å²) in [6, 6.07) is -0.621. The summed E-state index contributed by atoms with van der Waals surface area (Å²) in [5, 5.41) is 2.56. The number of nitrogens with one attached hydrogen (secondary N) is 1. The Labute approximate surface area is 199 Å². The van der Waals surface area contributed by atoms with Gasteiger partial charge in [-0.1, -0.05) is 11.6 Å². The molecule has 0 spiro atoms. The summed E-state index contributed by atoms with van der Waals surface area (Å²) in [6.07, 6.45) is -1.86. The maximum absolute atomic E-state index is 13.9. The van der Waals surface area contributed by atoms with Crippen LogP contribution in [0.25, 0.3) is 0 Å². The fourth-order valence-electron chi connectivity index (χ4n) is 3.54. The van der Waals surface area contributed by atoms with Crippen LogP contribution in [0.15, 0.2) is 37.1 Å². The molecule has 2 aromatic rings. The molecule has 15 heteroatoms. The van der Waals surface area contributed by atoms with E-state index in [1.165, 1.54) is 0 Å². The maximum Gasteiger partial charge on any atom is 0.574 e. The third-order valence-electron chi connectivity index (χ3n) is 5.11. The molecule has 2 amide bonds. The molecular formula is C20H18ClF6N5O3. The van der Waals surface area contributed by atoms with Gasteiger partial charge in [0, 0.05) is 42.9 Å². The SMILES string of the molecule is O=C(NC1CCC(F)(F)CC1)C(c1cncnc1)N(C(=O)[C@H](F)Cl)c1ccc(OC(F)(F)F)nc1. The number of hydrogen-bond acceptors (Lipinski definition) is 6. The van der Waals surface area contributed by atoms with E-state index in [1.54, 1.807) is 0 Å². The molecule has 0 saturated heterocycles. The summed E-state index contributed by atoms with van der Waals surface area (Å²) in [4.78, 5) is 37.5. The van der Waals surface area contributed by atoms with Crippen molar-refractivity contribution in [1.29, 1.82) is 0 Å². The van der Waals surface area contributed by atoms with E-state index in [9.17, 15) is 35.9 Å². The van der Waals surface area contributed by atoms with Gasteiger partial charge in [-0.2, -0.15) is 0 Å². The van der Waals surface area contributed by atoms with Crippen molar-refractivity contribution >= 4 is 29.1 Å². The van der Waals surface area contributed by atoms with Gasteiger partial charge in [0.05, 0.1) is 11.9 Å². The van der Waals surface area contributed by atoms with Crippen molar-refractivity contribution < 1.29 is 40.7 Å². The summed E-state index contributed by atoms with van der Waals surface area (Å²) in [6.45, 7) is 0. The number of halogens is 7. The predicted molar refractivity (Wildman–Crippen MR) is 109 cm³/mol. The maximum atomic E-state index is 13.9. The third-order valence-corrected chi connectivity index (χ3v) is 5.30. The van der Waals surface area contributed by atoms with Crippen LogP contribution in [0.1, 0.15) is 37.3 Å². The lowest BCUT2D eigenvalue weighted by atomic mass is 9.92. The smallest absolute Gasteiger partial charge is 0.388 e. The molecule has 1 fully saturated rings. The fourth-order valence-corrected chi connectivity index (χ4v) is 3.64. The number of anilines is 1. The lowest BCUT2D eigenvalue weighted by Gasteiger charge is -2.34. The van der Waals surface area contributed by atoms with Gasteiger partial charge in [0.2, 0.25) is 17.7 Å². The molecule has 1 aliphatic rings. The largest absolute Gasteiger partial charge is 0.574 e. The lowest BCUT2D eigenvalue weighted by Crippen LogP contribution is -2.49. The molecule has 1 aliphatic carbocycles. The third kappa shape index (κ3) is 7.16. The summed E-state index contributed by atoms with van der Waals surface area (Å²) in [5.41, 5.74) is -2.95. The number of ether oxygens (including phenoxy) is 1. The molecule has 3 rings (SSSR count). The van der Waals surface area contributed by atoms with Crippen LogP contribution >= 0.6 is 11.6 Å². The second-order valence-corrected chi connectivity index (χ2v) is 8.01. The highest BCUT2D eigenvalue weighted by molar-refractivity contribution is 6.32. The van der Waals surface area contributed by atoms with Crippen molar-refractivity contribution in [1.82, 2.24) is 20.3 Å². The van der Waals surface area contributed by atoms with E-state index in [0.717, 1.165) is 37.1 Å². The van der Waals surface area contributed by atoms with Crippen LogP contribution in [-0.2, 0) is 9.59 Å². The van der Waals surface area contributed by atoms with Crippen molar-refractivity contribution in [3.05, 3.63) is 42.6 Å². The average Bonchev–Trinajstić information content (AvgIpc) is 2.78. The van der Waals surface area contributed by atoms with Crippen LogP contribution in [0.5, 0.6) is 5.88 Å². The predicted octanol–water partition coefficient (Wildman–Crippen LogP) is 4.07. The summed E-state index contributed by atoms with van der Waals surface area (Å²) in [5.74, 6) is -6.06. The molecule has 0 aromatic carbocycles. The normalized spacial score (nSPS) is 17.8. The Kier molecular flexibility index (Phi) is 8.03. The summed E-state index contributed by atoms with van der Waals surface area (Å²) in [7, 11) is 0. The first-order valence-corrected chi connectivity index (χ1v) is 10.6. The van der Waals surface area contributed by atoms with Crippen molar-refractivity contribution in [2.24, 2.45) is 0 Å². The van der Waals surface area contributed by atoms with Crippen LogP contribution in [0.4, 0.5) is 32.0 Å². The van der Waals surface area contributed by atoms with Gasteiger partial charge >= 0.3 is 6.36 Å². The van der Waals surface area contributed by atoms with Gasteiger partial charge in [-0.05, 0) is 18.9 Å². The fraction of sp³-hybridized carbons (Fsp3) is 0.450. The standard InChI is InChI=1S/C20H18ClF6N5O3/c21-16(22)18(34)32(13-1-2-14(30-9-13)35-20(25,26)27)15(11-7-28-10-29-8-11)17(33)31-12-3-5-19(23,24)6-4-12/h1-2,7-10,12,15-16H,3-6H2,(H,31,33)/t15?,16-/m0/s1. The number of hydrogen-bond donors (Lipinski definition) is 1. The highest BCUT2D eigenvalue weighted by Gasteiger charge is 2.40. The molecule has 1 N–H and O–H groups in total. The van der Waals surface area contributed by atoms with Gasteiger partial charge in [0.25, 0.3) is 11.5 Å². The van der Waals surface area contributed by atoms with Crippen LogP contribution in [-0.4, -0.2) is 50.7 Å². The zero-order valence-electron chi connectivity index (χ0n) is 17.7. The second-order valence-electron chi connectivity index (χ2n) is 7.62. The van der Waals surface area contributed by atoms with Crippen molar-refractivity contribution in [3.8, 4) is 5.88 Å². The molecule has 2 aromatic heterocycles. The molecule has 1 saturated carbocycles. The molecule has 190 valence electrons. The van der Waals surface area contributed by atoms with E-state index >= 15 is 0 Å². The molecule has 2 heterocycles. The van der Waals surface area contributed by atoms with Gasteiger partial charge in [-0.3, -0.25) is 14.5 Å². The van der Waals surface area contributed by atoms with Gasteiger partial charge in [0.15, 0.2) is 0 Å².